The van der Waals surface area contributed by atoms with E-state index in [0.717, 1.165) is 13.1 Å². The molecule has 2 rings (SSSR count). The van der Waals surface area contributed by atoms with Crippen LogP contribution in [0.1, 0.15) is 51.9 Å². The Morgan fingerprint density at radius 1 is 1.25 bits per heavy atom. The fourth-order valence-corrected chi connectivity index (χ4v) is 3.42. The molecule has 0 aromatic rings. The number of carbonyl (C=O) groups is 1. The Kier molecular flexibility index (Phi) is 6.80. The van der Waals surface area contributed by atoms with Crippen LogP contribution in [-0.2, 0) is 9.53 Å². The van der Waals surface area contributed by atoms with Gasteiger partial charge in [-0.15, -0.1) is 0 Å². The lowest BCUT2D eigenvalue weighted by Crippen LogP contribution is -2.34. The first-order chi connectivity index (χ1) is 9.75. The van der Waals surface area contributed by atoms with Crippen LogP contribution >= 0.6 is 0 Å². The Morgan fingerprint density at radius 2 is 1.95 bits per heavy atom. The second-order valence-corrected chi connectivity index (χ2v) is 6.40. The number of hydrogen-bond donors (Lipinski definition) is 2. The molecule has 0 bridgehead atoms. The van der Waals surface area contributed by atoms with E-state index < -0.39 is 0 Å². The Labute approximate surface area is 123 Å². The van der Waals surface area contributed by atoms with E-state index in [1.807, 2.05) is 0 Å². The lowest BCUT2D eigenvalue weighted by atomic mass is 9.84. The van der Waals surface area contributed by atoms with Gasteiger partial charge in [0.2, 0.25) is 5.91 Å². The van der Waals surface area contributed by atoms with Crippen molar-refractivity contribution in [3.05, 3.63) is 0 Å². The molecule has 116 valence electrons. The van der Waals surface area contributed by atoms with Crippen molar-refractivity contribution in [3.8, 4) is 0 Å². The highest BCUT2D eigenvalue weighted by Gasteiger charge is 2.22. The number of rotatable bonds is 7. The van der Waals surface area contributed by atoms with Crippen LogP contribution < -0.4 is 10.6 Å². The summed E-state index contributed by atoms with van der Waals surface area (Å²) in [6, 6.07) is 0. The first-order valence-corrected chi connectivity index (χ1v) is 8.34. The zero-order chi connectivity index (χ0) is 14.2. The van der Waals surface area contributed by atoms with Crippen molar-refractivity contribution >= 4 is 5.91 Å². The third-order valence-electron chi connectivity index (χ3n) is 4.78. The molecule has 1 saturated heterocycles. The quantitative estimate of drug-likeness (QED) is 0.703. The van der Waals surface area contributed by atoms with E-state index in [1.165, 1.54) is 38.5 Å². The van der Waals surface area contributed by atoms with Crippen molar-refractivity contribution in [2.75, 3.05) is 26.2 Å². The first kappa shape index (κ1) is 15.8. The molecule has 1 heterocycles. The maximum atomic E-state index is 11.9. The molecule has 1 saturated carbocycles. The largest absolute Gasteiger partial charge is 0.376 e. The summed E-state index contributed by atoms with van der Waals surface area (Å²) in [6.45, 7) is 5.74. The molecule has 1 aliphatic heterocycles. The Bertz CT molecular complexity index is 284. The van der Waals surface area contributed by atoms with Crippen molar-refractivity contribution in [1.29, 1.82) is 0 Å². The van der Waals surface area contributed by atoms with Gasteiger partial charge in [-0.2, -0.15) is 0 Å². The summed E-state index contributed by atoms with van der Waals surface area (Å²) in [5.74, 6) is 1.38. The van der Waals surface area contributed by atoms with E-state index in [4.69, 9.17) is 4.74 Å². The van der Waals surface area contributed by atoms with Gasteiger partial charge in [0, 0.05) is 13.0 Å². The lowest BCUT2D eigenvalue weighted by Gasteiger charge is -2.27. The zero-order valence-corrected chi connectivity index (χ0v) is 12.8. The van der Waals surface area contributed by atoms with Crippen LogP contribution in [0.5, 0.6) is 0 Å². The van der Waals surface area contributed by atoms with Crippen molar-refractivity contribution in [2.45, 2.75) is 58.0 Å². The predicted molar refractivity (Wildman–Crippen MR) is 80.6 cm³/mol. The average molecular weight is 282 g/mol. The van der Waals surface area contributed by atoms with E-state index in [1.54, 1.807) is 0 Å². The minimum Gasteiger partial charge on any atom is -0.376 e. The number of ether oxygens (including phenoxy) is 1. The summed E-state index contributed by atoms with van der Waals surface area (Å²) in [6.07, 6.45) is 8.50. The topological polar surface area (TPSA) is 50.4 Å². The maximum Gasteiger partial charge on any atom is 0.220 e. The van der Waals surface area contributed by atoms with Crippen LogP contribution in [0, 0.1) is 11.8 Å². The molecule has 2 fully saturated rings. The summed E-state index contributed by atoms with van der Waals surface area (Å²) < 4.78 is 5.75. The van der Waals surface area contributed by atoms with Crippen molar-refractivity contribution < 1.29 is 9.53 Å². The van der Waals surface area contributed by atoms with Gasteiger partial charge in [0.25, 0.3) is 0 Å². The average Bonchev–Trinajstić information content (AvgIpc) is 2.98. The van der Waals surface area contributed by atoms with Gasteiger partial charge in [-0.3, -0.25) is 4.79 Å². The molecule has 2 aliphatic rings. The van der Waals surface area contributed by atoms with Gasteiger partial charge in [0.15, 0.2) is 0 Å². The van der Waals surface area contributed by atoms with Gasteiger partial charge >= 0.3 is 0 Å². The minimum absolute atomic E-state index is 0.186. The number of piperidine rings is 1. The molecule has 1 aliphatic carbocycles. The van der Waals surface area contributed by atoms with Crippen LogP contribution in [0.4, 0.5) is 0 Å². The lowest BCUT2D eigenvalue weighted by molar-refractivity contribution is -0.122. The zero-order valence-electron chi connectivity index (χ0n) is 12.8. The van der Waals surface area contributed by atoms with Crippen LogP contribution in [0.3, 0.4) is 0 Å². The molecule has 0 radical (unpaired) electrons. The van der Waals surface area contributed by atoms with E-state index in [-0.39, 0.29) is 5.91 Å². The molecule has 0 aromatic carbocycles. The van der Waals surface area contributed by atoms with E-state index in [9.17, 15) is 4.79 Å². The van der Waals surface area contributed by atoms with E-state index >= 15 is 0 Å². The molecule has 0 aromatic heterocycles. The molecular weight excluding hydrogens is 252 g/mol. The SMILES string of the molecule is CC(CC(=O)NCCOC1CCCC1)C1CCNCC1. The molecule has 4 heteroatoms. The highest BCUT2D eigenvalue weighted by molar-refractivity contribution is 5.76. The summed E-state index contributed by atoms with van der Waals surface area (Å²) in [5.41, 5.74) is 0. The van der Waals surface area contributed by atoms with Gasteiger partial charge in [-0.25, -0.2) is 0 Å². The van der Waals surface area contributed by atoms with Gasteiger partial charge in [-0.1, -0.05) is 19.8 Å². The fraction of sp³-hybridized carbons (Fsp3) is 0.938. The maximum absolute atomic E-state index is 11.9. The molecule has 20 heavy (non-hydrogen) atoms. The van der Waals surface area contributed by atoms with Crippen LogP contribution in [0.2, 0.25) is 0 Å². The van der Waals surface area contributed by atoms with Crippen LogP contribution in [0.15, 0.2) is 0 Å². The molecule has 2 N–H and O–H groups in total. The van der Waals surface area contributed by atoms with Crippen LogP contribution in [0.25, 0.3) is 0 Å². The summed E-state index contributed by atoms with van der Waals surface area (Å²) >= 11 is 0. The fourth-order valence-electron chi connectivity index (χ4n) is 3.42. The Balaban J connectivity index is 1.52. The smallest absolute Gasteiger partial charge is 0.220 e. The van der Waals surface area contributed by atoms with Gasteiger partial charge in [-0.05, 0) is 50.6 Å². The Morgan fingerprint density at radius 3 is 2.65 bits per heavy atom. The molecule has 1 amide bonds. The molecule has 0 spiro atoms. The Hall–Kier alpha value is -0.610. The molecule has 1 unspecified atom stereocenters. The second kappa shape index (κ2) is 8.63. The normalized spacial score (nSPS) is 22.9. The summed E-state index contributed by atoms with van der Waals surface area (Å²) in [4.78, 5) is 11.9. The van der Waals surface area contributed by atoms with Gasteiger partial charge in [0.05, 0.1) is 12.7 Å². The molecule has 1 atom stereocenters. The second-order valence-electron chi connectivity index (χ2n) is 6.40. The van der Waals surface area contributed by atoms with E-state index in [2.05, 4.69) is 17.6 Å². The minimum atomic E-state index is 0.186. The standard InChI is InChI=1S/C16H30N2O2/c1-13(14-6-8-17-9-7-14)12-16(19)18-10-11-20-15-4-2-3-5-15/h13-15,17H,2-12H2,1H3,(H,18,19). The summed E-state index contributed by atoms with van der Waals surface area (Å²) in [5, 5.41) is 6.37. The molecule has 4 nitrogen and oxygen atoms in total. The molecular formula is C16H30N2O2. The third kappa shape index (κ3) is 5.41. The van der Waals surface area contributed by atoms with Crippen LogP contribution in [-0.4, -0.2) is 38.3 Å². The third-order valence-corrected chi connectivity index (χ3v) is 4.78. The first-order valence-electron chi connectivity index (χ1n) is 8.34. The van der Waals surface area contributed by atoms with Crippen molar-refractivity contribution in [3.63, 3.8) is 0 Å². The number of carbonyl (C=O) groups excluding carboxylic acids is 1. The highest BCUT2D eigenvalue weighted by Crippen LogP contribution is 2.24. The number of nitrogens with one attached hydrogen (secondary N) is 2. The number of amides is 1. The summed E-state index contributed by atoms with van der Waals surface area (Å²) in [7, 11) is 0. The highest BCUT2D eigenvalue weighted by atomic mass is 16.5. The monoisotopic (exact) mass is 282 g/mol. The van der Waals surface area contributed by atoms with Crippen molar-refractivity contribution in [2.24, 2.45) is 11.8 Å². The van der Waals surface area contributed by atoms with Gasteiger partial charge < -0.3 is 15.4 Å². The van der Waals surface area contributed by atoms with Crippen molar-refractivity contribution in [1.82, 2.24) is 10.6 Å². The van der Waals surface area contributed by atoms with E-state index in [0.29, 0.717) is 37.5 Å². The van der Waals surface area contributed by atoms with Gasteiger partial charge in [0.1, 0.15) is 0 Å². The number of hydrogen-bond acceptors (Lipinski definition) is 3. The predicted octanol–water partition coefficient (Wildman–Crippen LogP) is 2.09.